The zero-order valence-electron chi connectivity index (χ0n) is 11.1. The molecule has 3 N–H and O–H groups in total. The van der Waals surface area contributed by atoms with Crippen LogP contribution in [0.4, 0.5) is 10.5 Å². The third kappa shape index (κ3) is 3.76. The quantitative estimate of drug-likeness (QED) is 0.706. The van der Waals surface area contributed by atoms with Crippen LogP contribution in [-0.2, 0) is 0 Å². The number of aromatic nitrogens is 2. The average molecular weight is 386 g/mol. The number of aliphatic hydroxyl groups is 1. The van der Waals surface area contributed by atoms with E-state index in [4.69, 9.17) is 0 Å². The first-order valence-corrected chi connectivity index (χ1v) is 7.11. The Kier molecular flexibility index (Phi) is 4.39. The van der Waals surface area contributed by atoms with Crippen LogP contribution in [0.5, 0.6) is 0 Å². The minimum atomic E-state index is -0.945. The summed E-state index contributed by atoms with van der Waals surface area (Å²) in [6.07, 6.45) is 3.24. The summed E-state index contributed by atoms with van der Waals surface area (Å²) in [4.78, 5) is 20.2. The van der Waals surface area contributed by atoms with Gasteiger partial charge in [-0.05, 0) is 48.6 Å². The molecule has 0 radical (unpaired) electrons. The Hall–Kier alpha value is -1.48. The van der Waals surface area contributed by atoms with Gasteiger partial charge in [0, 0.05) is 18.9 Å². The second kappa shape index (κ2) is 5.88. The highest BCUT2D eigenvalue weighted by Gasteiger charge is 2.15. The molecule has 0 saturated heterocycles. The first-order valence-electron chi connectivity index (χ1n) is 6.03. The zero-order valence-corrected chi connectivity index (χ0v) is 13.3. The number of carbonyl (C=O) groups is 1. The lowest BCUT2D eigenvalue weighted by atomic mass is 10.1. The molecule has 0 unspecified atom stereocenters. The van der Waals surface area contributed by atoms with Gasteiger partial charge in [0.2, 0.25) is 0 Å². The topological polar surface area (TPSA) is 87.1 Å². The van der Waals surface area contributed by atoms with Crippen molar-refractivity contribution < 1.29 is 9.90 Å². The third-order valence-corrected chi connectivity index (χ3v) is 3.60. The van der Waals surface area contributed by atoms with E-state index in [9.17, 15) is 9.90 Å². The van der Waals surface area contributed by atoms with Gasteiger partial charge in [0.1, 0.15) is 5.52 Å². The lowest BCUT2D eigenvalue weighted by Crippen LogP contribution is -2.40. The molecule has 6 nitrogen and oxygen atoms in total. The van der Waals surface area contributed by atoms with Gasteiger partial charge in [-0.15, -0.1) is 0 Å². The van der Waals surface area contributed by atoms with Crippen LogP contribution in [0.3, 0.4) is 0 Å². The van der Waals surface area contributed by atoms with Crippen LogP contribution in [0.2, 0.25) is 0 Å². The highest BCUT2D eigenvalue weighted by molar-refractivity contribution is 14.1. The smallest absolute Gasteiger partial charge is 0.319 e. The van der Waals surface area contributed by atoms with Crippen molar-refractivity contribution in [3.8, 4) is 0 Å². The maximum atomic E-state index is 11.8. The van der Waals surface area contributed by atoms with Crippen molar-refractivity contribution in [2.75, 3.05) is 11.9 Å². The van der Waals surface area contributed by atoms with Crippen molar-refractivity contribution in [3.05, 3.63) is 28.1 Å². The molecule has 7 heteroatoms. The van der Waals surface area contributed by atoms with E-state index in [0.29, 0.717) is 5.69 Å². The summed E-state index contributed by atoms with van der Waals surface area (Å²) >= 11 is 2.12. The number of hydrogen-bond acceptors (Lipinski definition) is 4. The van der Waals surface area contributed by atoms with E-state index in [0.717, 1.165) is 14.6 Å². The van der Waals surface area contributed by atoms with Crippen LogP contribution in [0.1, 0.15) is 13.8 Å². The lowest BCUT2D eigenvalue weighted by Gasteiger charge is -2.18. The highest BCUT2D eigenvalue weighted by atomic mass is 127. The molecule has 0 spiro atoms. The summed E-state index contributed by atoms with van der Waals surface area (Å²) in [7, 11) is 0. The van der Waals surface area contributed by atoms with Crippen molar-refractivity contribution in [2.45, 2.75) is 19.4 Å². The molecule has 0 atom stereocenters. The first kappa shape index (κ1) is 14.9. The summed E-state index contributed by atoms with van der Waals surface area (Å²) in [6.45, 7) is 3.42. The molecule has 106 valence electrons. The van der Waals surface area contributed by atoms with E-state index in [1.807, 2.05) is 0 Å². The molecule has 0 aliphatic rings. The Morgan fingerprint density at radius 3 is 2.75 bits per heavy atom. The summed E-state index contributed by atoms with van der Waals surface area (Å²) in [5, 5.41) is 14.9. The number of urea groups is 1. The van der Waals surface area contributed by atoms with Gasteiger partial charge in [-0.25, -0.2) is 4.79 Å². The van der Waals surface area contributed by atoms with Crippen LogP contribution >= 0.6 is 22.6 Å². The summed E-state index contributed by atoms with van der Waals surface area (Å²) in [5.41, 5.74) is 1.24. The molecule has 0 aliphatic carbocycles. The van der Waals surface area contributed by atoms with Crippen LogP contribution in [0.15, 0.2) is 24.5 Å². The number of anilines is 1. The standard InChI is InChI=1S/C13H15IN4O2/c1-13(2,20)7-17-12(19)18-8-3-4-9-11(10(8)14)16-6-5-15-9/h3-6,20H,7H2,1-2H3,(H2,17,18,19). The van der Waals surface area contributed by atoms with Gasteiger partial charge in [-0.1, -0.05) is 0 Å². The number of halogens is 1. The molecule has 1 aromatic heterocycles. The molecule has 1 aromatic carbocycles. The molecule has 0 bridgehead atoms. The van der Waals surface area contributed by atoms with Gasteiger partial charge >= 0.3 is 6.03 Å². The molecule has 2 amide bonds. The number of rotatable bonds is 3. The predicted octanol–water partition coefficient (Wildman–Crippen LogP) is 2.13. The van der Waals surface area contributed by atoms with Gasteiger partial charge in [0.05, 0.1) is 20.4 Å². The second-order valence-electron chi connectivity index (χ2n) is 4.97. The lowest BCUT2D eigenvalue weighted by molar-refractivity contribution is 0.0826. The van der Waals surface area contributed by atoms with Crippen LogP contribution in [-0.4, -0.2) is 33.3 Å². The van der Waals surface area contributed by atoms with Crippen LogP contribution in [0, 0.1) is 3.57 Å². The van der Waals surface area contributed by atoms with E-state index in [2.05, 4.69) is 43.2 Å². The molecule has 1 heterocycles. The molecule has 2 aromatic rings. The number of carbonyl (C=O) groups excluding carboxylic acids is 1. The second-order valence-corrected chi connectivity index (χ2v) is 6.05. The Morgan fingerprint density at radius 2 is 2.05 bits per heavy atom. The number of benzene rings is 1. The van der Waals surface area contributed by atoms with Gasteiger partial charge in [0.15, 0.2) is 0 Å². The fourth-order valence-corrected chi connectivity index (χ4v) is 2.29. The summed E-state index contributed by atoms with van der Waals surface area (Å²) < 4.78 is 0.826. The van der Waals surface area contributed by atoms with Crippen molar-refractivity contribution in [3.63, 3.8) is 0 Å². The van der Waals surface area contributed by atoms with E-state index < -0.39 is 5.60 Å². The fourth-order valence-electron chi connectivity index (χ4n) is 1.56. The minimum absolute atomic E-state index is 0.169. The Morgan fingerprint density at radius 1 is 1.35 bits per heavy atom. The molecule has 0 saturated carbocycles. The van der Waals surface area contributed by atoms with Gasteiger partial charge in [0.25, 0.3) is 0 Å². The predicted molar refractivity (Wildman–Crippen MR) is 85.6 cm³/mol. The van der Waals surface area contributed by atoms with Crippen molar-refractivity contribution in [1.82, 2.24) is 15.3 Å². The molecular weight excluding hydrogens is 371 g/mol. The maximum absolute atomic E-state index is 11.8. The van der Waals surface area contributed by atoms with Crippen molar-refractivity contribution >= 4 is 45.3 Å². The van der Waals surface area contributed by atoms with Crippen LogP contribution < -0.4 is 10.6 Å². The molecule has 0 fully saturated rings. The number of fused-ring (bicyclic) bond motifs is 1. The van der Waals surface area contributed by atoms with Gasteiger partial charge in [-0.3, -0.25) is 9.97 Å². The Balaban J connectivity index is 2.14. The maximum Gasteiger partial charge on any atom is 0.319 e. The SMILES string of the molecule is CC(C)(O)CNC(=O)Nc1ccc2nccnc2c1I. The van der Waals surface area contributed by atoms with E-state index in [1.54, 1.807) is 38.4 Å². The van der Waals surface area contributed by atoms with E-state index in [-0.39, 0.29) is 12.6 Å². The fraction of sp³-hybridized carbons (Fsp3) is 0.308. The Labute approximate surface area is 130 Å². The first-order chi connectivity index (χ1) is 9.37. The number of amides is 2. The summed E-state index contributed by atoms with van der Waals surface area (Å²) in [5.74, 6) is 0. The molecule has 0 aliphatic heterocycles. The monoisotopic (exact) mass is 386 g/mol. The van der Waals surface area contributed by atoms with Crippen molar-refractivity contribution in [1.29, 1.82) is 0 Å². The molecular formula is C13H15IN4O2. The van der Waals surface area contributed by atoms with Crippen LogP contribution in [0.25, 0.3) is 11.0 Å². The van der Waals surface area contributed by atoms with E-state index in [1.165, 1.54) is 0 Å². The van der Waals surface area contributed by atoms with Gasteiger partial charge in [-0.2, -0.15) is 0 Å². The van der Waals surface area contributed by atoms with Gasteiger partial charge < -0.3 is 15.7 Å². The number of nitrogens with one attached hydrogen (secondary N) is 2. The normalized spacial score (nSPS) is 11.4. The number of hydrogen-bond donors (Lipinski definition) is 3. The average Bonchev–Trinajstić information content (AvgIpc) is 2.39. The summed E-state index contributed by atoms with van der Waals surface area (Å²) in [6, 6.07) is 3.21. The minimum Gasteiger partial charge on any atom is -0.389 e. The molecule has 2 rings (SSSR count). The third-order valence-electron chi connectivity index (χ3n) is 2.51. The van der Waals surface area contributed by atoms with Crippen molar-refractivity contribution in [2.24, 2.45) is 0 Å². The largest absolute Gasteiger partial charge is 0.389 e. The Bertz CT molecular complexity index is 640. The van der Waals surface area contributed by atoms with E-state index >= 15 is 0 Å². The zero-order chi connectivity index (χ0) is 14.8. The highest BCUT2D eigenvalue weighted by Crippen LogP contribution is 2.24. The number of nitrogens with zero attached hydrogens (tertiary/aromatic N) is 2. The molecule has 20 heavy (non-hydrogen) atoms.